The van der Waals surface area contributed by atoms with Crippen molar-refractivity contribution in [3.05, 3.63) is 168 Å². The highest BCUT2D eigenvalue weighted by atomic mass is 35.7. The lowest BCUT2D eigenvalue weighted by Gasteiger charge is -2.12. The first-order valence-electron chi connectivity index (χ1n) is 17.6. The van der Waals surface area contributed by atoms with Crippen molar-refractivity contribution in [1.29, 1.82) is 0 Å². The molecular weight excluding hydrogens is 719 g/mol. The molecule has 53 heavy (non-hydrogen) atoms. The van der Waals surface area contributed by atoms with Gasteiger partial charge in [-0.2, -0.15) is 0 Å². The Labute approximate surface area is 324 Å². The van der Waals surface area contributed by atoms with E-state index in [4.69, 9.17) is 17.7 Å². The second kappa shape index (κ2) is 25.0. The maximum absolute atomic E-state index is 14.0. The fourth-order valence-electron chi connectivity index (χ4n) is 4.15. The average Bonchev–Trinajstić information content (AvgIpc) is 3.16. The van der Waals surface area contributed by atoms with Gasteiger partial charge < -0.3 is 0 Å². The van der Waals surface area contributed by atoms with Crippen LogP contribution in [0.2, 0.25) is 0 Å². The molecule has 2 atom stereocenters. The summed E-state index contributed by atoms with van der Waals surface area (Å²) < 4.78 is 40.7. The van der Waals surface area contributed by atoms with Crippen LogP contribution < -0.4 is 21.2 Å². The zero-order valence-corrected chi connectivity index (χ0v) is 34.2. The van der Waals surface area contributed by atoms with E-state index in [1.165, 1.54) is 23.8 Å². The molecule has 0 radical (unpaired) electrons. The van der Waals surface area contributed by atoms with E-state index in [0.717, 1.165) is 16.2 Å². The van der Waals surface area contributed by atoms with Gasteiger partial charge in [-0.1, -0.05) is 191 Å². The molecule has 0 saturated heterocycles. The molecule has 2 unspecified atom stereocenters. The first-order valence-corrected chi connectivity index (χ1v) is 21.2. The van der Waals surface area contributed by atoms with E-state index in [0.29, 0.717) is 34.8 Å². The minimum Gasteiger partial charge on any atom is -0.207 e. The molecule has 0 aliphatic rings. The Kier molecular flexibility index (Phi) is 21.3. The second-order valence-corrected chi connectivity index (χ2v) is 17.3. The van der Waals surface area contributed by atoms with Crippen LogP contribution in [-0.2, 0) is 6.42 Å². The van der Waals surface area contributed by atoms with Crippen molar-refractivity contribution in [3.63, 3.8) is 0 Å². The number of rotatable bonds is 7. The van der Waals surface area contributed by atoms with Crippen molar-refractivity contribution in [1.82, 2.24) is 0 Å². The molecule has 0 nitrogen and oxygen atoms in total. The number of benzene rings is 5. The molecule has 5 aromatic rings. The predicted octanol–water partition coefficient (Wildman–Crippen LogP) is 12.5. The van der Waals surface area contributed by atoms with E-state index >= 15 is 0 Å². The van der Waals surface area contributed by atoms with Gasteiger partial charge in [-0.05, 0) is 53.6 Å². The fraction of sp³-hybridized carbons (Fsp3) is 0.234. The smallest absolute Gasteiger partial charge is 0.132 e. The molecule has 0 aliphatic carbocycles. The van der Waals surface area contributed by atoms with E-state index in [1.54, 1.807) is 30.3 Å². The van der Waals surface area contributed by atoms with Crippen molar-refractivity contribution in [2.45, 2.75) is 54.9 Å². The van der Waals surface area contributed by atoms with Gasteiger partial charge in [0, 0.05) is 30.4 Å². The van der Waals surface area contributed by atoms with Gasteiger partial charge in [0.25, 0.3) is 0 Å². The molecule has 0 fully saturated rings. The van der Waals surface area contributed by atoms with Crippen LogP contribution in [0.15, 0.2) is 145 Å². The van der Waals surface area contributed by atoms with Gasteiger partial charge >= 0.3 is 0 Å². The third-order valence-electron chi connectivity index (χ3n) is 7.47. The van der Waals surface area contributed by atoms with Gasteiger partial charge in [-0.3, -0.25) is 0 Å². The van der Waals surface area contributed by atoms with Crippen LogP contribution in [0.5, 0.6) is 0 Å². The van der Waals surface area contributed by atoms with Crippen LogP contribution in [-0.4, -0.2) is 0 Å². The van der Waals surface area contributed by atoms with Crippen LogP contribution in [0.4, 0.5) is 13.2 Å². The lowest BCUT2D eigenvalue weighted by molar-refractivity contribution is 0.614. The van der Waals surface area contributed by atoms with Crippen LogP contribution >= 0.6 is 26.4 Å². The molecule has 0 bridgehead atoms. The van der Waals surface area contributed by atoms with E-state index < -0.39 is 15.2 Å². The summed E-state index contributed by atoms with van der Waals surface area (Å²) in [5.41, 5.74) is 5.35. The minimum atomic E-state index is -1.09. The number of halogens is 4. The van der Waals surface area contributed by atoms with Gasteiger partial charge in [0.05, 0.1) is 7.27 Å². The highest BCUT2D eigenvalue weighted by Crippen LogP contribution is 2.39. The largest absolute Gasteiger partial charge is 0.207 e. The molecule has 0 N–H and O–H groups in total. The summed E-state index contributed by atoms with van der Waals surface area (Å²) in [5, 5.41) is 3.35. The zero-order valence-electron chi connectivity index (χ0n) is 31.7. The van der Waals surface area contributed by atoms with Gasteiger partial charge in [0.15, 0.2) is 0 Å². The molecule has 0 aliphatic heterocycles. The SMILES string of the molecule is C#CC(C)C.C/C(=C\Cc1ccccc1F)C(C)C.CC(C)C#CP(c1ccccc1)c1ccccc1F.Fc1ccccc1P(Cl)c1ccccc1. The van der Waals surface area contributed by atoms with Crippen LogP contribution in [0.3, 0.4) is 0 Å². The maximum Gasteiger partial charge on any atom is 0.132 e. The molecule has 0 heterocycles. The lowest BCUT2D eigenvalue weighted by Crippen LogP contribution is -2.13. The normalized spacial score (nSPS) is 11.7. The molecule has 5 rings (SSSR count). The first kappa shape index (κ1) is 45.1. The molecule has 276 valence electrons. The predicted molar refractivity (Wildman–Crippen MR) is 229 cm³/mol. The topological polar surface area (TPSA) is 0 Å². The van der Waals surface area contributed by atoms with Gasteiger partial charge in [0.1, 0.15) is 17.5 Å². The third kappa shape index (κ3) is 17.1. The molecule has 5 aromatic carbocycles. The summed E-state index contributed by atoms with van der Waals surface area (Å²) in [5.74, 6) is 6.44. The van der Waals surface area contributed by atoms with Crippen LogP contribution in [0, 0.1) is 59.1 Å². The fourth-order valence-corrected chi connectivity index (χ4v) is 8.00. The Morgan fingerprint density at radius 2 is 1.06 bits per heavy atom. The van der Waals surface area contributed by atoms with Crippen molar-refractivity contribution in [2.24, 2.45) is 17.8 Å². The average molecular weight is 769 g/mol. The Morgan fingerprint density at radius 3 is 1.51 bits per heavy atom. The Morgan fingerprint density at radius 1 is 0.623 bits per heavy atom. The number of hydrogen-bond donors (Lipinski definition) is 0. The van der Waals surface area contributed by atoms with Gasteiger partial charge in [-0.15, -0.1) is 12.3 Å². The number of hydrogen-bond acceptors (Lipinski definition) is 0. The van der Waals surface area contributed by atoms with Gasteiger partial charge in [-0.25, -0.2) is 13.2 Å². The van der Waals surface area contributed by atoms with E-state index in [-0.39, 0.29) is 17.5 Å². The van der Waals surface area contributed by atoms with Crippen LogP contribution in [0.25, 0.3) is 0 Å². The summed E-state index contributed by atoms with van der Waals surface area (Å²) in [6.07, 6.45) is 7.71. The standard InChI is InChI=1S/C17H16FP.C13H17F.C12H9ClFP.C5H8/c1-14(2)12-13-19(15-8-4-3-5-9-15)17-11-7-6-10-16(17)18;1-10(2)11(3)8-9-12-6-4-5-7-13(12)14;13-15(10-6-2-1-3-7-10)12-9-5-4-8-11(12)14;1-4-5(2)3/h3-11,14H,1-2H3;4-8,10H,9H2,1-3H3;1-9H;1,5H,2-3H3/b;11-8+;;. The quantitative estimate of drug-likeness (QED) is 0.0879. The molecule has 0 amide bonds. The van der Waals surface area contributed by atoms with E-state index in [1.807, 2.05) is 113 Å². The zero-order chi connectivity index (χ0) is 39.2. The second-order valence-electron chi connectivity index (χ2n) is 12.8. The highest BCUT2D eigenvalue weighted by molar-refractivity contribution is 7.95. The number of terminal acetylenes is 1. The van der Waals surface area contributed by atoms with Crippen molar-refractivity contribution < 1.29 is 13.2 Å². The van der Waals surface area contributed by atoms with Gasteiger partial charge in [0.2, 0.25) is 0 Å². The van der Waals surface area contributed by atoms with E-state index in [2.05, 4.69) is 44.3 Å². The summed E-state index contributed by atoms with van der Waals surface area (Å²) in [7, 11) is -2.03. The monoisotopic (exact) mass is 768 g/mol. The third-order valence-corrected chi connectivity index (χ3v) is 12.1. The highest BCUT2D eigenvalue weighted by Gasteiger charge is 2.15. The van der Waals surface area contributed by atoms with E-state index in [9.17, 15) is 13.2 Å². The Hall–Kier alpha value is -4.10. The number of allylic oxidation sites excluding steroid dienone is 2. The summed E-state index contributed by atoms with van der Waals surface area (Å²) in [4.78, 5) is 0. The Bertz CT molecular complexity index is 1920. The summed E-state index contributed by atoms with van der Waals surface area (Å²) in [6.45, 7) is 14.4. The lowest BCUT2D eigenvalue weighted by atomic mass is 10.0. The molecule has 0 saturated carbocycles. The van der Waals surface area contributed by atoms with Crippen molar-refractivity contribution >= 4 is 47.7 Å². The van der Waals surface area contributed by atoms with Crippen molar-refractivity contribution in [2.75, 3.05) is 0 Å². The Balaban J connectivity index is 0.000000261. The summed E-state index contributed by atoms with van der Waals surface area (Å²) in [6, 6.07) is 40.1. The summed E-state index contributed by atoms with van der Waals surface area (Å²) >= 11 is 6.26. The maximum atomic E-state index is 14.0. The first-order chi connectivity index (χ1) is 25.3. The molecule has 6 heteroatoms. The molecular formula is C47H50ClF3P2. The molecule has 0 aromatic heterocycles. The molecule has 0 spiro atoms. The van der Waals surface area contributed by atoms with Crippen LogP contribution in [0.1, 0.15) is 54.0 Å². The minimum absolute atomic E-state index is 0.111. The van der Waals surface area contributed by atoms with Crippen molar-refractivity contribution in [3.8, 4) is 23.9 Å².